The van der Waals surface area contributed by atoms with Crippen LogP contribution in [0.15, 0.2) is 82.8 Å². The molecule has 2 aromatic heterocycles. The first-order valence-electron chi connectivity index (χ1n) is 23.2. The largest absolute Gasteiger partial charge is 0.507 e. The maximum absolute atomic E-state index is 14.0. The summed E-state index contributed by atoms with van der Waals surface area (Å²) in [5, 5.41) is 36.9. The molecule has 69 heavy (non-hydrogen) atoms. The number of thiazole rings is 1. The number of benzene rings is 3. The van der Waals surface area contributed by atoms with Crippen LogP contribution in [-0.2, 0) is 32.1 Å². The van der Waals surface area contributed by atoms with Crippen molar-refractivity contribution in [1.29, 1.82) is 0 Å². The van der Waals surface area contributed by atoms with Gasteiger partial charge in [-0.15, -0.1) is 11.3 Å². The number of amides is 6. The van der Waals surface area contributed by atoms with Crippen molar-refractivity contribution in [1.82, 2.24) is 41.2 Å². The first kappa shape index (κ1) is 50.0. The molecule has 1 saturated heterocycles. The molecule has 1 fully saturated rings. The third-order valence-electron chi connectivity index (χ3n) is 12.6. The van der Waals surface area contributed by atoms with Crippen molar-refractivity contribution in [2.24, 2.45) is 5.41 Å². The number of unbranched alkanes of at least 4 members (excludes halogenated alkanes) is 1. The molecule has 3 heterocycles. The molecule has 1 aliphatic carbocycles. The number of rotatable bonds is 18. The fraction of sp³-hybridized carbons (Fsp3) is 0.412. The number of aliphatic hydroxyl groups is 1. The normalized spacial score (nSPS) is 16.9. The molecular weight excluding hydrogens is 901 g/mol. The number of β-amino-alcohol motifs (C(OH)–C–C–N with tert-alkyl or cyclic N) is 1. The molecule has 0 spiro atoms. The van der Waals surface area contributed by atoms with E-state index in [9.17, 15) is 39.0 Å². The lowest BCUT2D eigenvalue weighted by Gasteiger charge is -2.35. The number of aliphatic hydroxyl groups excluding tert-OH is 1. The van der Waals surface area contributed by atoms with Gasteiger partial charge >= 0.3 is 0 Å². The summed E-state index contributed by atoms with van der Waals surface area (Å²) < 4.78 is 5.41. The van der Waals surface area contributed by atoms with Gasteiger partial charge in [-0.3, -0.25) is 28.8 Å². The molecule has 0 unspecified atom stereocenters. The fourth-order valence-corrected chi connectivity index (χ4v) is 9.48. The van der Waals surface area contributed by atoms with Crippen molar-refractivity contribution in [3.05, 3.63) is 112 Å². The zero-order valence-electron chi connectivity index (χ0n) is 39.5. The topological polar surface area (TPSA) is 236 Å². The van der Waals surface area contributed by atoms with Crippen LogP contribution in [-0.4, -0.2) is 110 Å². The molecule has 7 rings (SSSR count). The number of nitrogens with one attached hydrogen (secondary N) is 4. The molecule has 17 nitrogen and oxygen atoms in total. The van der Waals surface area contributed by atoms with E-state index in [1.54, 1.807) is 30.0 Å². The Balaban J connectivity index is 0.810. The average molecular weight is 961 g/mol. The number of likely N-dealkylation sites (tertiary alicyclic amines) is 1. The first-order valence-corrected chi connectivity index (χ1v) is 24.1. The Bertz CT molecular complexity index is 2670. The Morgan fingerprint density at radius 2 is 1.67 bits per heavy atom. The van der Waals surface area contributed by atoms with Gasteiger partial charge in [-0.1, -0.05) is 80.5 Å². The molecule has 4 atom stereocenters. The van der Waals surface area contributed by atoms with Gasteiger partial charge in [0.2, 0.25) is 23.6 Å². The van der Waals surface area contributed by atoms with Crippen LogP contribution >= 0.6 is 11.3 Å². The van der Waals surface area contributed by atoms with E-state index in [1.165, 1.54) is 33.6 Å². The van der Waals surface area contributed by atoms with Gasteiger partial charge in [-0.25, -0.2) is 4.98 Å². The lowest BCUT2D eigenvalue weighted by Crippen LogP contribution is -2.57. The molecule has 6 amide bonds. The van der Waals surface area contributed by atoms with Crippen LogP contribution < -0.4 is 21.3 Å². The second-order valence-corrected chi connectivity index (χ2v) is 19.7. The minimum atomic E-state index is -0.974. The quantitative estimate of drug-likeness (QED) is 0.0604. The minimum Gasteiger partial charge on any atom is -0.507 e. The van der Waals surface area contributed by atoms with Gasteiger partial charge in [0.15, 0.2) is 11.5 Å². The number of aryl methyl sites for hydroxylation is 2. The molecule has 6 N–H and O–H groups in total. The van der Waals surface area contributed by atoms with Gasteiger partial charge in [0, 0.05) is 64.1 Å². The summed E-state index contributed by atoms with van der Waals surface area (Å²) in [5.41, 5.74) is 6.79. The Kier molecular flexibility index (Phi) is 15.9. The van der Waals surface area contributed by atoms with E-state index < -0.39 is 41.3 Å². The number of hydrogen-bond donors (Lipinski definition) is 6. The molecule has 1 aliphatic heterocycles. The number of phenolic OH excluding ortho intramolecular Hbond substituents is 1. The highest BCUT2D eigenvalue weighted by molar-refractivity contribution is 7.13. The maximum atomic E-state index is 14.0. The van der Waals surface area contributed by atoms with E-state index in [2.05, 4.69) is 37.5 Å². The van der Waals surface area contributed by atoms with Crippen LogP contribution in [0.5, 0.6) is 5.75 Å². The number of fused-ring (bicyclic) bond motifs is 1. The number of aromatic nitrogens is 2. The van der Waals surface area contributed by atoms with Crippen molar-refractivity contribution < 1.29 is 43.5 Å². The van der Waals surface area contributed by atoms with Gasteiger partial charge < -0.3 is 45.8 Å². The summed E-state index contributed by atoms with van der Waals surface area (Å²) in [6.45, 7) is 7.91. The number of carbonyl (C=O) groups excluding carboxylic acids is 6. The van der Waals surface area contributed by atoms with Crippen molar-refractivity contribution in [3.8, 4) is 27.5 Å². The summed E-state index contributed by atoms with van der Waals surface area (Å²) in [4.78, 5) is 87.6. The van der Waals surface area contributed by atoms with Crippen LogP contribution in [0.2, 0.25) is 0 Å². The van der Waals surface area contributed by atoms with E-state index in [4.69, 9.17) is 4.52 Å². The highest BCUT2D eigenvalue weighted by atomic mass is 32.1. The second kappa shape index (κ2) is 22.0. The number of likely N-dealkylation sites (N-methyl/N-ethyl adjacent to an activating group) is 1. The highest BCUT2D eigenvalue weighted by Gasteiger charge is 2.44. The number of carbonyl (C=O) groups is 6. The van der Waals surface area contributed by atoms with E-state index in [-0.39, 0.29) is 92.0 Å². The standard InChI is InChI=1S/C51H60N8O9S/c1-30-45(69-29-54-30)33-16-14-31(15-17-33)27-53-48(65)40-25-35(60)28-59(40)50(67)46(51(2,3)4)56-44(63)13-9-8-12-43(62)52-22-23-58(5)49(66)37-20-18-34(24-41(37)61)42-26-39(57-68-42)47(64)55-38-21-19-32-10-6-7-11-36(32)38/h6-7,10-11,14-18,20,24,26,29,35,38,40,46,60-61H,8-9,12-13,19,21-23,25,27-28H2,1-5H3,(H,52,62)(H,53,65)(H,55,64)(H,56,63)/t35-,38-,40+,46-/m1/s1. The summed E-state index contributed by atoms with van der Waals surface area (Å²) in [7, 11) is 1.55. The SMILES string of the molecule is Cc1ncsc1-c1ccc(CNC(=O)[C@@H]2C[C@@H](O)CN2C(=O)[C@@H](NC(=O)CCCCC(=O)NCCN(C)C(=O)c2ccc(-c3cc(C(=O)N[C@@H]4CCc5ccccc54)no3)cc2O)C(C)(C)C)cc1. The van der Waals surface area contributed by atoms with E-state index in [1.807, 2.05) is 70.2 Å². The maximum Gasteiger partial charge on any atom is 0.273 e. The Morgan fingerprint density at radius 1 is 0.942 bits per heavy atom. The molecule has 2 aliphatic rings. The number of aromatic hydroxyl groups is 1. The van der Waals surface area contributed by atoms with Crippen molar-refractivity contribution in [3.63, 3.8) is 0 Å². The molecule has 3 aromatic carbocycles. The van der Waals surface area contributed by atoms with Gasteiger partial charge in [-0.2, -0.15) is 0 Å². The zero-order valence-corrected chi connectivity index (χ0v) is 40.4. The number of phenols is 1. The summed E-state index contributed by atoms with van der Waals surface area (Å²) >= 11 is 1.56. The molecule has 0 saturated carbocycles. The van der Waals surface area contributed by atoms with Gasteiger partial charge in [-0.05, 0) is 72.4 Å². The van der Waals surface area contributed by atoms with Crippen LogP contribution in [0, 0.1) is 12.3 Å². The third kappa shape index (κ3) is 12.4. The number of hydrogen-bond acceptors (Lipinski definition) is 12. The molecule has 5 aromatic rings. The van der Waals surface area contributed by atoms with E-state index in [0.29, 0.717) is 18.4 Å². The Morgan fingerprint density at radius 3 is 2.38 bits per heavy atom. The lowest BCUT2D eigenvalue weighted by molar-refractivity contribution is -0.144. The molecular formula is C51H60N8O9S. The minimum absolute atomic E-state index is 0.0389. The van der Waals surface area contributed by atoms with Crippen LogP contribution in [0.3, 0.4) is 0 Å². The zero-order chi connectivity index (χ0) is 49.4. The van der Waals surface area contributed by atoms with Crippen LogP contribution in [0.4, 0.5) is 0 Å². The molecule has 0 radical (unpaired) electrons. The molecule has 364 valence electrons. The first-order chi connectivity index (χ1) is 33.0. The third-order valence-corrected chi connectivity index (χ3v) is 13.6. The van der Waals surface area contributed by atoms with Crippen LogP contribution in [0.1, 0.15) is 109 Å². The van der Waals surface area contributed by atoms with Crippen molar-refractivity contribution in [2.45, 2.75) is 103 Å². The van der Waals surface area contributed by atoms with Gasteiger partial charge in [0.05, 0.1) is 33.8 Å². The fourth-order valence-electron chi connectivity index (χ4n) is 8.67. The van der Waals surface area contributed by atoms with Gasteiger partial charge in [0.25, 0.3) is 11.8 Å². The molecule has 18 heteroatoms. The monoisotopic (exact) mass is 960 g/mol. The van der Waals surface area contributed by atoms with Crippen molar-refractivity contribution in [2.75, 3.05) is 26.7 Å². The highest BCUT2D eigenvalue weighted by Crippen LogP contribution is 2.33. The molecule has 0 bridgehead atoms. The summed E-state index contributed by atoms with van der Waals surface area (Å²) in [6.07, 6.45) is 1.80. The van der Waals surface area contributed by atoms with E-state index in [0.717, 1.165) is 40.1 Å². The predicted molar refractivity (Wildman–Crippen MR) is 259 cm³/mol. The Hall–Kier alpha value is -6.92. The summed E-state index contributed by atoms with van der Waals surface area (Å²) in [6, 6.07) is 19.7. The lowest BCUT2D eigenvalue weighted by atomic mass is 9.85. The summed E-state index contributed by atoms with van der Waals surface area (Å²) in [5.74, 6) is -2.39. The predicted octanol–water partition coefficient (Wildman–Crippen LogP) is 5.45. The van der Waals surface area contributed by atoms with Crippen molar-refractivity contribution >= 4 is 46.8 Å². The number of nitrogens with zero attached hydrogens (tertiary/aromatic N) is 4. The Labute approximate surface area is 405 Å². The van der Waals surface area contributed by atoms with Crippen LogP contribution in [0.25, 0.3) is 21.8 Å². The van der Waals surface area contributed by atoms with E-state index >= 15 is 0 Å². The average Bonchev–Trinajstić information content (AvgIpc) is 4.16. The van der Waals surface area contributed by atoms with Gasteiger partial charge in [0.1, 0.15) is 17.8 Å². The smallest absolute Gasteiger partial charge is 0.273 e. The second-order valence-electron chi connectivity index (χ2n) is 18.8.